The summed E-state index contributed by atoms with van der Waals surface area (Å²) in [6, 6.07) is 15.0. The van der Waals surface area contributed by atoms with Crippen LogP contribution >= 0.6 is 0 Å². The van der Waals surface area contributed by atoms with Gasteiger partial charge in [0.2, 0.25) is 6.79 Å². The minimum Gasteiger partial charge on any atom is -0.454 e. The summed E-state index contributed by atoms with van der Waals surface area (Å²) in [6.45, 7) is 1.64. The van der Waals surface area contributed by atoms with Crippen molar-refractivity contribution >= 4 is 40.2 Å². The van der Waals surface area contributed by atoms with Gasteiger partial charge in [0.15, 0.2) is 18.1 Å². The highest BCUT2D eigenvalue weighted by molar-refractivity contribution is 6.08. The maximum atomic E-state index is 13.3. The Bertz CT molecular complexity index is 1600. The normalized spacial score (nSPS) is 14.7. The number of para-hydroxylation sites is 1. The quantitative estimate of drug-likeness (QED) is 0.411. The van der Waals surface area contributed by atoms with E-state index >= 15 is 0 Å². The Morgan fingerprint density at radius 3 is 2.78 bits per heavy atom. The lowest BCUT2D eigenvalue weighted by Gasteiger charge is -2.12. The molecule has 0 radical (unpaired) electrons. The first-order valence-corrected chi connectivity index (χ1v) is 12.0. The van der Waals surface area contributed by atoms with Crippen LogP contribution in [0.25, 0.3) is 22.6 Å². The number of anilines is 1. The van der Waals surface area contributed by atoms with Crippen molar-refractivity contribution in [3.8, 4) is 11.5 Å². The van der Waals surface area contributed by atoms with Crippen LogP contribution in [0.4, 0.5) is 5.82 Å². The summed E-state index contributed by atoms with van der Waals surface area (Å²) in [6.07, 6.45) is 3.44. The van der Waals surface area contributed by atoms with Gasteiger partial charge >= 0.3 is 5.97 Å². The molecule has 9 heteroatoms. The highest BCUT2D eigenvalue weighted by Gasteiger charge is 2.28. The van der Waals surface area contributed by atoms with Gasteiger partial charge in [-0.1, -0.05) is 24.3 Å². The number of hydrogen-bond donors (Lipinski definition) is 1. The average molecular weight is 497 g/mol. The molecule has 2 aliphatic rings. The number of allylic oxidation sites excluding steroid dienone is 1. The molecule has 2 aromatic carbocycles. The lowest BCUT2D eigenvalue weighted by Crippen LogP contribution is -2.22. The number of carbonyl (C=O) groups excluding carboxylic acids is 2. The standard InChI is InChI=1S/C28H24N4O5/c1-16-11-24(32(2)31-16)30-25(33)14-35-28(34)26-19-5-3-4-6-21(19)29-27-18(8-9-20(26)27)12-17-7-10-22-23(13-17)37-15-36-22/h3-7,10-13H,8-9,14-15H2,1-2H3,(H,30,33)/b18-12+. The van der Waals surface area contributed by atoms with Crippen molar-refractivity contribution in [2.45, 2.75) is 19.8 Å². The Morgan fingerprint density at radius 2 is 1.95 bits per heavy atom. The van der Waals surface area contributed by atoms with Gasteiger partial charge in [-0.2, -0.15) is 5.10 Å². The number of ether oxygens (including phenoxy) is 3. The van der Waals surface area contributed by atoms with Gasteiger partial charge in [-0.25, -0.2) is 9.78 Å². The van der Waals surface area contributed by atoms with E-state index in [-0.39, 0.29) is 6.79 Å². The minimum absolute atomic E-state index is 0.219. The molecule has 1 N–H and O–H groups in total. The van der Waals surface area contributed by atoms with Crippen LogP contribution in [-0.2, 0) is 23.0 Å². The molecule has 0 spiro atoms. The highest BCUT2D eigenvalue weighted by Crippen LogP contribution is 2.39. The maximum absolute atomic E-state index is 13.3. The van der Waals surface area contributed by atoms with Gasteiger partial charge in [0.1, 0.15) is 5.82 Å². The molecule has 2 aromatic heterocycles. The first-order valence-electron chi connectivity index (χ1n) is 12.0. The van der Waals surface area contributed by atoms with Crippen LogP contribution in [0.3, 0.4) is 0 Å². The third-order valence-electron chi connectivity index (χ3n) is 6.49. The number of aromatic nitrogens is 3. The molecule has 0 saturated carbocycles. The van der Waals surface area contributed by atoms with E-state index in [1.807, 2.05) is 49.4 Å². The molecule has 0 atom stereocenters. The summed E-state index contributed by atoms with van der Waals surface area (Å²) in [5, 5.41) is 7.63. The number of rotatable bonds is 5. The highest BCUT2D eigenvalue weighted by atomic mass is 16.7. The summed E-state index contributed by atoms with van der Waals surface area (Å²) in [5.74, 6) is 0.992. The van der Waals surface area contributed by atoms with Crippen molar-refractivity contribution in [2.24, 2.45) is 7.05 Å². The molecule has 0 saturated heterocycles. The van der Waals surface area contributed by atoms with Crippen LogP contribution in [0.15, 0.2) is 48.5 Å². The average Bonchev–Trinajstić information content (AvgIpc) is 3.59. The summed E-state index contributed by atoms with van der Waals surface area (Å²) >= 11 is 0. The zero-order valence-electron chi connectivity index (χ0n) is 20.4. The number of esters is 1. The van der Waals surface area contributed by atoms with Gasteiger partial charge in [-0.05, 0) is 60.7 Å². The number of benzene rings is 2. The number of fused-ring (bicyclic) bond motifs is 3. The van der Waals surface area contributed by atoms with Gasteiger partial charge in [0.25, 0.3) is 5.91 Å². The largest absolute Gasteiger partial charge is 0.454 e. The molecule has 6 rings (SSSR count). The Morgan fingerprint density at radius 1 is 1.11 bits per heavy atom. The number of carbonyl (C=O) groups is 2. The van der Waals surface area contributed by atoms with E-state index in [4.69, 9.17) is 19.2 Å². The minimum atomic E-state index is -0.546. The molecule has 0 unspecified atom stereocenters. The topological polar surface area (TPSA) is 105 Å². The maximum Gasteiger partial charge on any atom is 0.339 e. The predicted octanol–water partition coefficient (Wildman–Crippen LogP) is 4.29. The molecule has 0 fully saturated rings. The first-order chi connectivity index (χ1) is 18.0. The van der Waals surface area contributed by atoms with E-state index in [1.54, 1.807) is 17.8 Å². The molecule has 37 heavy (non-hydrogen) atoms. The van der Waals surface area contributed by atoms with Crippen LogP contribution in [0.5, 0.6) is 11.5 Å². The van der Waals surface area contributed by atoms with Crippen molar-refractivity contribution < 1.29 is 23.8 Å². The number of nitrogens with zero attached hydrogens (tertiary/aromatic N) is 3. The van der Waals surface area contributed by atoms with Crippen LogP contribution in [0.2, 0.25) is 0 Å². The lowest BCUT2D eigenvalue weighted by molar-refractivity contribution is -0.119. The fourth-order valence-electron chi connectivity index (χ4n) is 4.83. The Hall–Kier alpha value is -4.66. The molecule has 3 heterocycles. The molecule has 1 aliphatic heterocycles. The van der Waals surface area contributed by atoms with E-state index in [0.29, 0.717) is 34.5 Å². The van der Waals surface area contributed by atoms with Crippen molar-refractivity contribution in [1.82, 2.24) is 14.8 Å². The summed E-state index contributed by atoms with van der Waals surface area (Å²) in [4.78, 5) is 30.7. The number of hydrogen-bond acceptors (Lipinski definition) is 7. The van der Waals surface area contributed by atoms with E-state index in [1.165, 1.54) is 0 Å². The van der Waals surface area contributed by atoms with Crippen LogP contribution in [0, 0.1) is 6.92 Å². The molecule has 9 nitrogen and oxygen atoms in total. The molecular weight excluding hydrogens is 472 g/mol. The van der Waals surface area contributed by atoms with Crippen LogP contribution < -0.4 is 14.8 Å². The first kappa shape index (κ1) is 22.8. The van der Waals surface area contributed by atoms with E-state index in [2.05, 4.69) is 16.5 Å². The van der Waals surface area contributed by atoms with Crippen molar-refractivity contribution in [1.29, 1.82) is 0 Å². The smallest absolute Gasteiger partial charge is 0.339 e. The van der Waals surface area contributed by atoms with E-state index in [9.17, 15) is 9.59 Å². The number of pyridine rings is 1. The van der Waals surface area contributed by atoms with Gasteiger partial charge in [-0.15, -0.1) is 0 Å². The Balaban J connectivity index is 1.29. The monoisotopic (exact) mass is 496 g/mol. The predicted molar refractivity (Wildman–Crippen MR) is 137 cm³/mol. The number of nitrogens with one attached hydrogen (secondary N) is 1. The zero-order valence-corrected chi connectivity index (χ0v) is 20.4. The molecule has 1 aliphatic carbocycles. The summed E-state index contributed by atoms with van der Waals surface area (Å²) in [7, 11) is 1.73. The number of amides is 1. The van der Waals surface area contributed by atoms with Crippen molar-refractivity contribution in [2.75, 3.05) is 18.7 Å². The second kappa shape index (κ2) is 9.09. The molecule has 1 amide bonds. The molecular formula is C28H24N4O5. The third-order valence-corrected chi connectivity index (χ3v) is 6.49. The van der Waals surface area contributed by atoms with Crippen LogP contribution in [-0.4, -0.2) is 40.0 Å². The Kier molecular flexibility index (Phi) is 5.60. The van der Waals surface area contributed by atoms with Gasteiger partial charge < -0.3 is 19.5 Å². The Labute approximate surface area is 212 Å². The fraction of sp³-hybridized carbons (Fsp3) is 0.214. The van der Waals surface area contributed by atoms with Gasteiger partial charge in [-0.3, -0.25) is 9.48 Å². The SMILES string of the molecule is Cc1cc(NC(=O)COC(=O)c2c3c(nc4ccccc24)/C(=C/c2ccc4c(c2)OCO4)CC3)n(C)n1. The van der Waals surface area contributed by atoms with Crippen LogP contribution in [0.1, 0.15) is 39.3 Å². The molecule has 0 bridgehead atoms. The van der Waals surface area contributed by atoms with Gasteiger partial charge in [0, 0.05) is 18.5 Å². The summed E-state index contributed by atoms with van der Waals surface area (Å²) < 4.78 is 18.0. The second-order valence-electron chi connectivity index (χ2n) is 9.03. The van der Waals surface area contributed by atoms with E-state index < -0.39 is 18.5 Å². The molecule has 4 aromatic rings. The zero-order chi connectivity index (χ0) is 25.5. The fourth-order valence-corrected chi connectivity index (χ4v) is 4.83. The van der Waals surface area contributed by atoms with Gasteiger partial charge in [0.05, 0.1) is 22.5 Å². The second-order valence-corrected chi connectivity index (χ2v) is 9.03. The lowest BCUT2D eigenvalue weighted by atomic mass is 10.0. The molecule has 186 valence electrons. The van der Waals surface area contributed by atoms with Crippen molar-refractivity contribution in [3.05, 3.63) is 76.6 Å². The number of aryl methyl sites for hydroxylation is 2. The third kappa shape index (κ3) is 4.29. The van der Waals surface area contributed by atoms with E-state index in [0.717, 1.165) is 40.3 Å². The summed E-state index contributed by atoms with van der Waals surface area (Å²) in [5.41, 5.74) is 5.53. The van der Waals surface area contributed by atoms with Crippen molar-refractivity contribution in [3.63, 3.8) is 0 Å².